The first-order valence-electron chi connectivity index (χ1n) is 3.51. The molecule has 3 unspecified atom stereocenters. The lowest BCUT2D eigenvalue weighted by Gasteiger charge is -2.07. The highest BCUT2D eigenvalue weighted by Crippen LogP contribution is 2.32. The number of alkyl halides is 1. The minimum absolute atomic E-state index is 0.0872. The molecule has 0 aromatic heterocycles. The van der Waals surface area contributed by atoms with E-state index in [9.17, 15) is 8.60 Å². The molecule has 11 heavy (non-hydrogen) atoms. The molecule has 0 aromatic rings. The molecular formula is C7H11FO2S. The molecule has 3 atom stereocenters. The predicted octanol–water partition coefficient (Wildman–Crippen LogP) is 1.51. The molecule has 1 saturated carbocycles. The number of hydrogen-bond acceptors (Lipinski definition) is 1. The average molecular weight is 178 g/mol. The Morgan fingerprint density at radius 2 is 2.36 bits per heavy atom. The Kier molecular flexibility index (Phi) is 2.78. The van der Waals surface area contributed by atoms with Crippen LogP contribution in [0, 0.1) is 5.92 Å². The molecule has 1 aliphatic carbocycles. The van der Waals surface area contributed by atoms with Crippen molar-refractivity contribution in [3.05, 3.63) is 12.2 Å². The third-order valence-corrected chi connectivity index (χ3v) is 2.73. The fourth-order valence-corrected chi connectivity index (χ4v) is 2.06. The van der Waals surface area contributed by atoms with E-state index in [2.05, 4.69) is 6.58 Å². The van der Waals surface area contributed by atoms with Crippen LogP contribution in [0.1, 0.15) is 12.8 Å². The van der Waals surface area contributed by atoms with Gasteiger partial charge in [0.05, 0.1) is 5.75 Å². The van der Waals surface area contributed by atoms with Gasteiger partial charge in [-0.15, -0.1) is 0 Å². The van der Waals surface area contributed by atoms with Gasteiger partial charge in [0, 0.05) is 0 Å². The summed E-state index contributed by atoms with van der Waals surface area (Å²) in [4.78, 5) is 0. The lowest BCUT2D eigenvalue weighted by molar-refractivity contribution is 0.390. The maximum absolute atomic E-state index is 12.7. The summed E-state index contributed by atoms with van der Waals surface area (Å²) in [5.41, 5.74) is 0.493. The highest BCUT2D eigenvalue weighted by atomic mass is 32.2. The summed E-state index contributed by atoms with van der Waals surface area (Å²) >= 11 is -1.82. The molecule has 4 heteroatoms. The molecule has 0 saturated heterocycles. The molecule has 0 bridgehead atoms. The molecule has 2 nitrogen and oxygen atoms in total. The van der Waals surface area contributed by atoms with Crippen molar-refractivity contribution in [2.45, 2.75) is 19.0 Å². The van der Waals surface area contributed by atoms with Gasteiger partial charge in [0.2, 0.25) is 0 Å². The first-order chi connectivity index (χ1) is 5.11. The normalized spacial score (nSPS) is 34.2. The van der Waals surface area contributed by atoms with Gasteiger partial charge in [-0.2, -0.15) is 0 Å². The van der Waals surface area contributed by atoms with Crippen molar-refractivity contribution in [3.8, 4) is 0 Å². The van der Waals surface area contributed by atoms with E-state index in [-0.39, 0.29) is 11.7 Å². The van der Waals surface area contributed by atoms with Crippen molar-refractivity contribution >= 4 is 11.1 Å². The summed E-state index contributed by atoms with van der Waals surface area (Å²) in [7, 11) is 0. The summed E-state index contributed by atoms with van der Waals surface area (Å²) in [6, 6.07) is 0. The quantitative estimate of drug-likeness (QED) is 0.514. The maximum atomic E-state index is 12.7. The first kappa shape index (κ1) is 8.87. The minimum Gasteiger partial charge on any atom is -0.306 e. The van der Waals surface area contributed by atoms with Crippen LogP contribution in [-0.2, 0) is 11.1 Å². The van der Waals surface area contributed by atoms with Crippen LogP contribution < -0.4 is 0 Å². The van der Waals surface area contributed by atoms with Crippen LogP contribution in [0.25, 0.3) is 0 Å². The van der Waals surface area contributed by atoms with E-state index >= 15 is 0 Å². The van der Waals surface area contributed by atoms with E-state index in [1.165, 1.54) is 0 Å². The predicted molar refractivity (Wildman–Crippen MR) is 42.4 cm³/mol. The third kappa shape index (κ3) is 2.10. The van der Waals surface area contributed by atoms with Crippen molar-refractivity contribution in [3.63, 3.8) is 0 Å². The lowest BCUT2D eigenvalue weighted by Crippen LogP contribution is -2.09. The molecule has 0 aromatic carbocycles. The van der Waals surface area contributed by atoms with Gasteiger partial charge >= 0.3 is 0 Å². The number of allylic oxidation sites excluding steroid dienone is 1. The smallest absolute Gasteiger partial charge is 0.153 e. The second-order valence-electron chi connectivity index (χ2n) is 2.80. The van der Waals surface area contributed by atoms with Crippen LogP contribution in [-0.4, -0.2) is 20.7 Å². The molecule has 1 rings (SSSR count). The average Bonchev–Trinajstić information content (AvgIpc) is 2.18. The SMILES string of the molecule is C=C1C(F)CCC1CS(=O)O. The first-order valence-corrected chi connectivity index (χ1v) is 4.79. The molecule has 0 radical (unpaired) electrons. The molecule has 0 heterocycles. The summed E-state index contributed by atoms with van der Waals surface area (Å²) in [6.45, 7) is 3.55. The van der Waals surface area contributed by atoms with Crippen LogP contribution >= 0.6 is 0 Å². The fraction of sp³-hybridized carbons (Fsp3) is 0.714. The van der Waals surface area contributed by atoms with Crippen LogP contribution in [0.3, 0.4) is 0 Å². The van der Waals surface area contributed by atoms with Crippen molar-refractivity contribution in [1.82, 2.24) is 0 Å². The summed E-state index contributed by atoms with van der Waals surface area (Å²) in [5.74, 6) is 0.0510. The Bertz CT molecular complexity index is 193. The van der Waals surface area contributed by atoms with Gasteiger partial charge in [-0.25, -0.2) is 8.60 Å². The second kappa shape index (κ2) is 3.45. The van der Waals surface area contributed by atoms with Crippen molar-refractivity contribution in [2.24, 2.45) is 5.92 Å². The molecule has 0 amide bonds. The van der Waals surface area contributed by atoms with E-state index in [0.29, 0.717) is 18.4 Å². The van der Waals surface area contributed by atoms with Crippen LogP contribution in [0.15, 0.2) is 12.2 Å². The summed E-state index contributed by atoms with van der Waals surface area (Å²) in [6.07, 6.45) is 0.163. The van der Waals surface area contributed by atoms with E-state index in [4.69, 9.17) is 4.55 Å². The Balaban J connectivity index is 2.49. The topological polar surface area (TPSA) is 37.3 Å². The molecule has 1 N–H and O–H groups in total. The van der Waals surface area contributed by atoms with Crippen molar-refractivity contribution in [1.29, 1.82) is 0 Å². The Hall–Kier alpha value is -0.220. The number of hydrogen-bond donors (Lipinski definition) is 1. The molecule has 0 spiro atoms. The second-order valence-corrected chi connectivity index (χ2v) is 3.78. The molecule has 64 valence electrons. The molecule has 1 fully saturated rings. The standard InChI is InChI=1S/C7H11FO2S/c1-5-6(4-11(9)10)2-3-7(5)8/h6-7H,1-4H2,(H,9,10). The van der Waals surface area contributed by atoms with Gasteiger partial charge in [-0.05, 0) is 24.3 Å². The Morgan fingerprint density at radius 1 is 1.73 bits per heavy atom. The molecule has 0 aliphatic heterocycles. The van der Waals surface area contributed by atoms with E-state index in [1.807, 2.05) is 0 Å². The van der Waals surface area contributed by atoms with Gasteiger partial charge in [0.15, 0.2) is 11.1 Å². The van der Waals surface area contributed by atoms with Gasteiger partial charge in [-0.3, -0.25) is 0 Å². The van der Waals surface area contributed by atoms with Crippen LogP contribution in [0.2, 0.25) is 0 Å². The number of halogens is 1. The van der Waals surface area contributed by atoms with Gasteiger partial charge < -0.3 is 4.55 Å². The molecule has 1 aliphatic rings. The van der Waals surface area contributed by atoms with Crippen LogP contribution in [0.5, 0.6) is 0 Å². The summed E-state index contributed by atoms with van der Waals surface area (Å²) in [5, 5.41) is 0. The zero-order valence-corrected chi connectivity index (χ0v) is 6.94. The summed E-state index contributed by atoms with van der Waals surface area (Å²) < 4.78 is 31.6. The minimum atomic E-state index is -1.82. The monoisotopic (exact) mass is 178 g/mol. The maximum Gasteiger partial charge on any atom is 0.153 e. The lowest BCUT2D eigenvalue weighted by atomic mass is 10.1. The zero-order chi connectivity index (χ0) is 8.43. The fourth-order valence-electron chi connectivity index (χ4n) is 1.34. The van der Waals surface area contributed by atoms with Gasteiger partial charge in [0.25, 0.3) is 0 Å². The van der Waals surface area contributed by atoms with Crippen molar-refractivity contribution in [2.75, 3.05) is 5.75 Å². The highest BCUT2D eigenvalue weighted by molar-refractivity contribution is 7.79. The Morgan fingerprint density at radius 3 is 2.73 bits per heavy atom. The zero-order valence-electron chi connectivity index (χ0n) is 6.12. The van der Waals surface area contributed by atoms with Gasteiger partial charge in [-0.1, -0.05) is 6.58 Å². The van der Waals surface area contributed by atoms with E-state index < -0.39 is 17.3 Å². The largest absolute Gasteiger partial charge is 0.306 e. The van der Waals surface area contributed by atoms with Gasteiger partial charge in [0.1, 0.15) is 6.17 Å². The van der Waals surface area contributed by atoms with Crippen molar-refractivity contribution < 1.29 is 13.2 Å². The van der Waals surface area contributed by atoms with Crippen LogP contribution in [0.4, 0.5) is 4.39 Å². The Labute approximate surface area is 67.8 Å². The molecular weight excluding hydrogens is 167 g/mol. The highest BCUT2D eigenvalue weighted by Gasteiger charge is 2.29. The third-order valence-electron chi connectivity index (χ3n) is 2.04. The number of rotatable bonds is 2. The van der Waals surface area contributed by atoms with E-state index in [1.54, 1.807) is 0 Å². The van der Waals surface area contributed by atoms with E-state index in [0.717, 1.165) is 0 Å².